The fraction of sp³-hybridized carbons (Fsp3) is 0.469. The molecule has 3 rings (SSSR count). The van der Waals surface area contributed by atoms with E-state index in [0.29, 0.717) is 30.2 Å². The summed E-state index contributed by atoms with van der Waals surface area (Å²) in [5.41, 5.74) is 0.989. The minimum absolute atomic E-state index is 0.162. The van der Waals surface area contributed by atoms with E-state index in [0.717, 1.165) is 17.0 Å². The molecule has 2 aromatic carbocycles. The molecule has 0 bridgehead atoms. The smallest absolute Gasteiger partial charge is 0.408 e. The SMILES string of the molecule is Cc1oc(-c2ccccc2)nc1CCOc1ccc([C@H](O)CC[C@H](NC(=O)OC(C)(C)C)C(=O)OC(C)(C)C)cc1. The van der Waals surface area contributed by atoms with Gasteiger partial charge in [0.15, 0.2) is 0 Å². The summed E-state index contributed by atoms with van der Waals surface area (Å²) in [5, 5.41) is 13.4. The number of nitrogens with one attached hydrogen (secondary N) is 1. The van der Waals surface area contributed by atoms with Gasteiger partial charge in [-0.15, -0.1) is 0 Å². The molecular weight excluding hydrogens is 524 g/mol. The Hall–Kier alpha value is -3.85. The second-order valence-electron chi connectivity index (χ2n) is 11.9. The maximum atomic E-state index is 12.8. The van der Waals surface area contributed by atoms with Crippen LogP contribution in [0, 0.1) is 6.92 Å². The van der Waals surface area contributed by atoms with Crippen LogP contribution in [0.15, 0.2) is 59.0 Å². The van der Waals surface area contributed by atoms with E-state index < -0.39 is 35.4 Å². The number of hydrogen-bond donors (Lipinski definition) is 2. The molecule has 0 saturated carbocycles. The molecule has 9 nitrogen and oxygen atoms in total. The first-order chi connectivity index (χ1) is 19.2. The van der Waals surface area contributed by atoms with Crippen LogP contribution in [0.4, 0.5) is 4.79 Å². The van der Waals surface area contributed by atoms with Crippen molar-refractivity contribution < 1.29 is 33.3 Å². The van der Waals surface area contributed by atoms with E-state index in [4.69, 9.17) is 18.6 Å². The lowest BCUT2D eigenvalue weighted by atomic mass is 10.0. The molecule has 0 radical (unpaired) electrons. The number of aliphatic hydroxyl groups excluding tert-OH is 1. The summed E-state index contributed by atoms with van der Waals surface area (Å²) in [7, 11) is 0. The molecule has 41 heavy (non-hydrogen) atoms. The molecule has 1 amide bonds. The number of benzene rings is 2. The van der Waals surface area contributed by atoms with Crippen molar-refractivity contribution >= 4 is 12.1 Å². The van der Waals surface area contributed by atoms with Crippen LogP contribution < -0.4 is 10.1 Å². The molecule has 0 aliphatic heterocycles. The number of alkyl carbamates (subject to hydrolysis) is 1. The average Bonchev–Trinajstić information content (AvgIpc) is 3.25. The highest BCUT2D eigenvalue weighted by Crippen LogP contribution is 2.24. The molecule has 0 unspecified atom stereocenters. The van der Waals surface area contributed by atoms with Crippen molar-refractivity contribution in [3.05, 3.63) is 71.6 Å². The number of ether oxygens (including phenoxy) is 3. The van der Waals surface area contributed by atoms with Crippen molar-refractivity contribution in [1.29, 1.82) is 0 Å². The third-order valence-corrected chi connectivity index (χ3v) is 5.90. The quantitative estimate of drug-likeness (QED) is 0.259. The molecule has 0 spiro atoms. The lowest BCUT2D eigenvalue weighted by molar-refractivity contribution is -0.157. The predicted octanol–water partition coefficient (Wildman–Crippen LogP) is 6.32. The Balaban J connectivity index is 1.53. The number of aliphatic hydroxyl groups is 1. The van der Waals surface area contributed by atoms with Crippen LogP contribution in [-0.2, 0) is 20.7 Å². The summed E-state index contributed by atoms with van der Waals surface area (Å²) in [6.45, 7) is 12.8. The van der Waals surface area contributed by atoms with E-state index in [1.165, 1.54) is 0 Å². The Kier molecular flexibility index (Phi) is 10.6. The minimum atomic E-state index is -0.969. The number of amides is 1. The molecule has 9 heteroatoms. The Bertz CT molecular complexity index is 1270. The molecule has 1 heterocycles. The zero-order chi connectivity index (χ0) is 30.2. The fourth-order valence-electron chi connectivity index (χ4n) is 3.98. The largest absolute Gasteiger partial charge is 0.493 e. The summed E-state index contributed by atoms with van der Waals surface area (Å²) in [4.78, 5) is 29.7. The van der Waals surface area contributed by atoms with Crippen molar-refractivity contribution in [2.75, 3.05) is 6.61 Å². The van der Waals surface area contributed by atoms with Crippen LogP contribution in [0.3, 0.4) is 0 Å². The molecule has 0 aliphatic rings. The first kappa shape index (κ1) is 31.7. The normalized spacial score (nSPS) is 13.3. The Morgan fingerprint density at radius 1 is 0.927 bits per heavy atom. The predicted molar refractivity (Wildman–Crippen MR) is 156 cm³/mol. The molecule has 3 aromatic rings. The van der Waals surface area contributed by atoms with Gasteiger partial charge in [-0.2, -0.15) is 0 Å². The molecule has 0 saturated heterocycles. The van der Waals surface area contributed by atoms with Crippen LogP contribution in [0.5, 0.6) is 5.75 Å². The third-order valence-electron chi connectivity index (χ3n) is 5.90. The first-order valence-electron chi connectivity index (χ1n) is 13.8. The molecule has 2 atom stereocenters. The van der Waals surface area contributed by atoms with E-state index in [1.807, 2.05) is 37.3 Å². The van der Waals surface area contributed by atoms with Gasteiger partial charge in [-0.3, -0.25) is 0 Å². The van der Waals surface area contributed by atoms with Crippen LogP contribution in [0.25, 0.3) is 11.5 Å². The number of hydrogen-bond acceptors (Lipinski definition) is 8. The molecular formula is C32H42N2O7. The van der Waals surface area contributed by atoms with Gasteiger partial charge in [-0.05, 0) is 91.1 Å². The van der Waals surface area contributed by atoms with Gasteiger partial charge in [0.1, 0.15) is 28.8 Å². The van der Waals surface area contributed by atoms with Gasteiger partial charge in [0, 0.05) is 12.0 Å². The Labute approximate surface area is 242 Å². The zero-order valence-electron chi connectivity index (χ0n) is 25.0. The summed E-state index contributed by atoms with van der Waals surface area (Å²) >= 11 is 0. The van der Waals surface area contributed by atoms with Crippen LogP contribution in [0.1, 0.15) is 77.5 Å². The summed E-state index contributed by atoms with van der Waals surface area (Å²) in [6.07, 6.45) is -0.612. The lowest BCUT2D eigenvalue weighted by Gasteiger charge is -2.26. The Morgan fingerprint density at radius 2 is 1.56 bits per heavy atom. The van der Waals surface area contributed by atoms with Crippen molar-refractivity contribution in [2.24, 2.45) is 0 Å². The molecule has 2 N–H and O–H groups in total. The van der Waals surface area contributed by atoms with E-state index in [2.05, 4.69) is 10.3 Å². The monoisotopic (exact) mass is 566 g/mol. The molecule has 1 aromatic heterocycles. The maximum absolute atomic E-state index is 12.8. The lowest BCUT2D eigenvalue weighted by Crippen LogP contribution is -2.46. The first-order valence-corrected chi connectivity index (χ1v) is 13.8. The average molecular weight is 567 g/mol. The third kappa shape index (κ3) is 10.6. The second-order valence-corrected chi connectivity index (χ2v) is 11.9. The highest BCUT2D eigenvalue weighted by Gasteiger charge is 2.29. The summed E-state index contributed by atoms with van der Waals surface area (Å²) in [5.74, 6) is 1.42. The fourth-order valence-corrected chi connectivity index (χ4v) is 3.98. The topological polar surface area (TPSA) is 120 Å². The van der Waals surface area contributed by atoms with Crippen LogP contribution in [0.2, 0.25) is 0 Å². The molecule has 0 fully saturated rings. The zero-order valence-corrected chi connectivity index (χ0v) is 25.0. The highest BCUT2D eigenvalue weighted by molar-refractivity contribution is 5.81. The van der Waals surface area contributed by atoms with E-state index in [9.17, 15) is 14.7 Å². The van der Waals surface area contributed by atoms with Crippen molar-refractivity contribution in [3.63, 3.8) is 0 Å². The Morgan fingerprint density at radius 3 is 2.17 bits per heavy atom. The number of aromatic nitrogens is 1. The van der Waals surface area contributed by atoms with E-state index in [1.54, 1.807) is 65.8 Å². The summed E-state index contributed by atoms with van der Waals surface area (Å²) < 4.78 is 22.5. The number of rotatable bonds is 11. The van der Waals surface area contributed by atoms with Crippen LogP contribution >= 0.6 is 0 Å². The molecule has 0 aliphatic carbocycles. The van der Waals surface area contributed by atoms with Crippen LogP contribution in [-0.4, -0.2) is 46.0 Å². The number of carbonyl (C=O) groups is 2. The van der Waals surface area contributed by atoms with Gasteiger partial charge in [0.25, 0.3) is 0 Å². The van der Waals surface area contributed by atoms with Crippen molar-refractivity contribution in [2.45, 2.75) is 91.1 Å². The number of oxazole rings is 1. The summed E-state index contributed by atoms with van der Waals surface area (Å²) in [6, 6.07) is 15.9. The highest BCUT2D eigenvalue weighted by atomic mass is 16.6. The van der Waals surface area contributed by atoms with Gasteiger partial charge in [-0.1, -0.05) is 30.3 Å². The number of aryl methyl sites for hydroxylation is 1. The van der Waals surface area contributed by atoms with Gasteiger partial charge >= 0.3 is 12.1 Å². The van der Waals surface area contributed by atoms with E-state index in [-0.39, 0.29) is 12.8 Å². The van der Waals surface area contributed by atoms with Gasteiger partial charge in [0.2, 0.25) is 5.89 Å². The minimum Gasteiger partial charge on any atom is -0.493 e. The van der Waals surface area contributed by atoms with Gasteiger partial charge in [0.05, 0.1) is 18.4 Å². The number of nitrogens with zero attached hydrogens (tertiary/aromatic N) is 1. The van der Waals surface area contributed by atoms with E-state index >= 15 is 0 Å². The second kappa shape index (κ2) is 13.7. The van der Waals surface area contributed by atoms with Gasteiger partial charge < -0.3 is 29.1 Å². The van der Waals surface area contributed by atoms with Crippen molar-refractivity contribution in [1.82, 2.24) is 10.3 Å². The standard InChI is InChI=1S/C32H42N2O7/c1-21-25(33-28(39-21)23-11-9-8-10-12-23)19-20-38-24-15-13-22(14-16-24)27(35)18-17-26(29(36)40-31(2,3)4)34-30(37)41-32(5,6)7/h8-16,26-27,35H,17-20H2,1-7H3,(H,34,37)/t26-,27+/m0/s1. The maximum Gasteiger partial charge on any atom is 0.408 e. The number of carbonyl (C=O) groups excluding carboxylic acids is 2. The van der Waals surface area contributed by atoms with Gasteiger partial charge in [-0.25, -0.2) is 14.6 Å². The number of esters is 1. The van der Waals surface area contributed by atoms with Crippen molar-refractivity contribution in [3.8, 4) is 17.2 Å². The molecule has 222 valence electrons.